The molecule has 1 heterocycles. The summed E-state index contributed by atoms with van der Waals surface area (Å²) < 4.78 is 37.2. The molecular weight excluding hydrogens is 383 g/mol. The first kappa shape index (κ1) is 22.6. The van der Waals surface area contributed by atoms with Crippen molar-refractivity contribution >= 4 is 22.8 Å². The smallest absolute Gasteiger partial charge is 0.361 e. The number of likely N-dealkylation sites (N-methyl/N-ethyl adjacent to an activating group) is 1. The molecule has 3 N–H and O–H groups in total. The molecule has 1 aromatic heterocycles. The Morgan fingerprint density at radius 3 is 2.62 bits per heavy atom. The molecule has 0 radical (unpaired) electrons. The number of nitrogens with zero attached hydrogens (tertiary/aromatic N) is 2. The van der Waals surface area contributed by atoms with E-state index in [-0.39, 0.29) is 6.54 Å². The summed E-state index contributed by atoms with van der Waals surface area (Å²) in [7, 11) is 1.12. The highest BCUT2D eigenvalue weighted by Gasteiger charge is 2.31. The molecule has 0 spiro atoms. The molecule has 0 unspecified atom stereocenters. The minimum absolute atomic E-state index is 0.352. The number of aromatic nitrogens is 1. The van der Waals surface area contributed by atoms with Crippen LogP contribution in [0.3, 0.4) is 0 Å². The Morgan fingerprint density at radius 1 is 1.21 bits per heavy atom. The number of H-pyrrole nitrogens is 1. The van der Waals surface area contributed by atoms with E-state index in [1.54, 1.807) is 0 Å². The van der Waals surface area contributed by atoms with Gasteiger partial charge in [0.1, 0.15) is 13.1 Å². The molecule has 0 aliphatic carbocycles. The zero-order valence-corrected chi connectivity index (χ0v) is 17.0. The molecule has 0 saturated carbocycles. The topological polar surface area (TPSA) is 72.5 Å². The van der Waals surface area contributed by atoms with Crippen molar-refractivity contribution in [1.82, 2.24) is 20.5 Å². The lowest BCUT2D eigenvalue weighted by Crippen LogP contribution is -2.40. The summed E-state index contributed by atoms with van der Waals surface area (Å²) in [5, 5.41) is 7.30. The van der Waals surface area contributed by atoms with Gasteiger partial charge >= 0.3 is 6.18 Å². The number of rotatable bonds is 8. The first-order valence-corrected chi connectivity index (χ1v) is 9.65. The first-order chi connectivity index (χ1) is 13.7. The lowest BCUT2D eigenvalue weighted by Gasteiger charge is -2.18. The summed E-state index contributed by atoms with van der Waals surface area (Å²) in [4.78, 5) is 19.9. The summed E-state index contributed by atoms with van der Waals surface area (Å²) in [6.07, 6.45) is -0.748. The number of hydrogen-bond acceptors (Lipinski definition) is 2. The molecule has 1 aromatic carbocycles. The van der Waals surface area contributed by atoms with Gasteiger partial charge in [0, 0.05) is 37.2 Å². The van der Waals surface area contributed by atoms with Gasteiger partial charge in [-0.25, -0.2) is 4.99 Å². The van der Waals surface area contributed by atoms with Crippen LogP contribution in [0.5, 0.6) is 0 Å². The van der Waals surface area contributed by atoms with E-state index in [9.17, 15) is 18.0 Å². The second-order valence-corrected chi connectivity index (χ2v) is 6.74. The van der Waals surface area contributed by atoms with Gasteiger partial charge in [0.15, 0.2) is 5.96 Å². The van der Waals surface area contributed by atoms with Crippen molar-refractivity contribution < 1.29 is 18.0 Å². The summed E-state index contributed by atoms with van der Waals surface area (Å²) in [6, 6.07) is 6.22. The van der Waals surface area contributed by atoms with E-state index in [1.807, 2.05) is 19.2 Å². The van der Waals surface area contributed by atoms with Gasteiger partial charge in [-0.05, 0) is 30.9 Å². The number of alkyl halides is 3. The standard InChI is InChI=1S/C20H28F3N5O/c1-4-14-7-6-8-16-15(11-26-18(14)16)9-10-25-19(24-5-2)27-12-17(29)28(3)13-20(21,22)23/h6-8,11,26H,4-5,9-10,12-13H2,1-3H3,(H2,24,25,27). The van der Waals surface area contributed by atoms with Crippen molar-refractivity contribution in [1.29, 1.82) is 0 Å². The number of para-hydroxylation sites is 1. The third-order valence-corrected chi connectivity index (χ3v) is 4.51. The molecule has 2 rings (SSSR count). The minimum atomic E-state index is -4.42. The van der Waals surface area contributed by atoms with Gasteiger partial charge in [-0.2, -0.15) is 13.2 Å². The number of carbonyl (C=O) groups is 1. The van der Waals surface area contributed by atoms with E-state index in [1.165, 1.54) is 16.5 Å². The van der Waals surface area contributed by atoms with Crippen molar-refractivity contribution in [2.24, 2.45) is 4.99 Å². The average molecular weight is 411 g/mol. The second kappa shape index (κ2) is 10.2. The summed E-state index contributed by atoms with van der Waals surface area (Å²) in [5.41, 5.74) is 3.57. The van der Waals surface area contributed by atoms with Crippen LogP contribution in [0, 0.1) is 0 Å². The van der Waals surface area contributed by atoms with Gasteiger partial charge in [-0.1, -0.05) is 25.1 Å². The highest BCUT2D eigenvalue weighted by molar-refractivity contribution is 5.86. The van der Waals surface area contributed by atoms with E-state index in [4.69, 9.17) is 0 Å². The molecule has 0 aliphatic heterocycles. The summed E-state index contributed by atoms with van der Waals surface area (Å²) in [5.74, 6) is -0.293. The Kier molecular flexibility index (Phi) is 7.92. The molecule has 0 saturated heterocycles. The van der Waals surface area contributed by atoms with E-state index in [2.05, 4.69) is 39.7 Å². The van der Waals surface area contributed by atoms with E-state index in [0.29, 0.717) is 23.9 Å². The van der Waals surface area contributed by atoms with Crippen molar-refractivity contribution in [3.05, 3.63) is 35.5 Å². The van der Waals surface area contributed by atoms with E-state index in [0.717, 1.165) is 25.4 Å². The third-order valence-electron chi connectivity index (χ3n) is 4.51. The van der Waals surface area contributed by atoms with Gasteiger partial charge in [0.05, 0.1) is 0 Å². The molecule has 160 valence electrons. The number of carbonyl (C=O) groups excluding carboxylic acids is 1. The highest BCUT2D eigenvalue weighted by Crippen LogP contribution is 2.22. The molecule has 1 amide bonds. The molecular formula is C20H28F3N5O. The minimum Gasteiger partial charge on any atom is -0.361 e. The number of amides is 1. The van der Waals surface area contributed by atoms with Crippen LogP contribution in [0.2, 0.25) is 0 Å². The summed E-state index contributed by atoms with van der Waals surface area (Å²) in [6.45, 7) is 3.50. The number of guanidine groups is 1. The maximum absolute atomic E-state index is 12.4. The number of aryl methyl sites for hydroxylation is 1. The van der Waals surface area contributed by atoms with Crippen molar-refractivity contribution in [2.45, 2.75) is 32.9 Å². The Balaban J connectivity index is 1.94. The van der Waals surface area contributed by atoms with Crippen LogP contribution in [0.4, 0.5) is 13.2 Å². The molecule has 9 heteroatoms. The van der Waals surface area contributed by atoms with Crippen LogP contribution in [-0.2, 0) is 17.6 Å². The van der Waals surface area contributed by atoms with Gasteiger partial charge in [-0.3, -0.25) is 4.79 Å². The van der Waals surface area contributed by atoms with Crippen molar-refractivity contribution in [3.8, 4) is 0 Å². The molecule has 0 atom stereocenters. The van der Waals surface area contributed by atoms with Crippen LogP contribution in [0.25, 0.3) is 10.9 Å². The normalized spacial score (nSPS) is 12.3. The van der Waals surface area contributed by atoms with Gasteiger partial charge in [0.25, 0.3) is 0 Å². The monoisotopic (exact) mass is 411 g/mol. The Morgan fingerprint density at radius 2 is 1.97 bits per heavy atom. The number of nitrogens with one attached hydrogen (secondary N) is 3. The maximum atomic E-state index is 12.4. The third kappa shape index (κ3) is 6.69. The largest absolute Gasteiger partial charge is 0.406 e. The number of halogens is 3. The predicted octanol–water partition coefficient (Wildman–Crippen LogP) is 2.85. The number of aliphatic imine (C=N–C) groups is 1. The lowest BCUT2D eigenvalue weighted by molar-refractivity contribution is -0.157. The zero-order chi connectivity index (χ0) is 21.4. The maximum Gasteiger partial charge on any atom is 0.406 e. The number of hydrogen-bond donors (Lipinski definition) is 3. The zero-order valence-electron chi connectivity index (χ0n) is 17.0. The molecule has 29 heavy (non-hydrogen) atoms. The predicted molar refractivity (Wildman–Crippen MR) is 109 cm³/mol. The van der Waals surface area contributed by atoms with Crippen molar-refractivity contribution in [2.75, 3.05) is 33.2 Å². The molecule has 2 aromatic rings. The average Bonchev–Trinajstić information content (AvgIpc) is 3.07. The van der Waals surface area contributed by atoms with Crippen LogP contribution in [0.15, 0.2) is 29.4 Å². The van der Waals surface area contributed by atoms with E-state index >= 15 is 0 Å². The number of fused-ring (bicyclic) bond motifs is 1. The lowest BCUT2D eigenvalue weighted by atomic mass is 10.1. The summed E-state index contributed by atoms with van der Waals surface area (Å²) >= 11 is 0. The van der Waals surface area contributed by atoms with Crippen LogP contribution in [-0.4, -0.2) is 61.2 Å². The molecule has 0 aliphatic rings. The van der Waals surface area contributed by atoms with Crippen molar-refractivity contribution in [3.63, 3.8) is 0 Å². The Labute approximate surface area is 168 Å². The molecule has 6 nitrogen and oxygen atoms in total. The fourth-order valence-electron chi connectivity index (χ4n) is 3.06. The Hall–Kier alpha value is -2.71. The first-order valence-electron chi connectivity index (χ1n) is 9.65. The molecule has 0 bridgehead atoms. The van der Waals surface area contributed by atoms with E-state index < -0.39 is 18.6 Å². The van der Waals surface area contributed by atoms with Crippen LogP contribution in [0.1, 0.15) is 25.0 Å². The second-order valence-electron chi connectivity index (χ2n) is 6.74. The SMILES string of the molecule is CCNC(=NCC(=O)N(C)CC(F)(F)F)NCCc1c[nH]c2c(CC)cccc12. The van der Waals surface area contributed by atoms with Crippen LogP contribution < -0.4 is 10.6 Å². The highest BCUT2D eigenvalue weighted by atomic mass is 19.4. The quantitative estimate of drug-likeness (QED) is 0.462. The number of aromatic amines is 1. The molecule has 0 fully saturated rings. The van der Waals surface area contributed by atoms with Gasteiger partial charge < -0.3 is 20.5 Å². The van der Waals surface area contributed by atoms with Gasteiger partial charge in [-0.15, -0.1) is 0 Å². The fraction of sp³-hybridized carbons (Fsp3) is 0.500. The number of benzene rings is 1. The fourth-order valence-corrected chi connectivity index (χ4v) is 3.06. The van der Waals surface area contributed by atoms with Gasteiger partial charge in [0.2, 0.25) is 5.91 Å². The Bertz CT molecular complexity index is 844. The van der Waals surface area contributed by atoms with Crippen LogP contribution >= 0.6 is 0 Å².